The van der Waals surface area contributed by atoms with Crippen molar-refractivity contribution in [2.24, 2.45) is 5.92 Å². The van der Waals surface area contributed by atoms with Gasteiger partial charge in [0.25, 0.3) is 11.8 Å². The van der Waals surface area contributed by atoms with E-state index < -0.39 is 27.9 Å². The van der Waals surface area contributed by atoms with Gasteiger partial charge in [-0.15, -0.1) is 0 Å². The van der Waals surface area contributed by atoms with Gasteiger partial charge in [0, 0.05) is 31.7 Å². The van der Waals surface area contributed by atoms with E-state index in [1.165, 1.54) is 28.6 Å². The molecule has 3 rings (SSSR count). The maximum Gasteiger partial charge on any atom is 0.329 e. The fourth-order valence-corrected chi connectivity index (χ4v) is 5.37. The Labute approximate surface area is 200 Å². The Bertz CT molecular complexity index is 984. The van der Waals surface area contributed by atoms with E-state index in [-0.39, 0.29) is 42.0 Å². The molecule has 1 aromatic rings. The molecule has 2 heterocycles. The lowest BCUT2D eigenvalue weighted by molar-refractivity contribution is -0.154. The number of benzene rings is 1. The lowest BCUT2D eigenvalue weighted by Gasteiger charge is -2.27. The molecular weight excluding hydrogens is 462 g/mol. The zero-order valence-corrected chi connectivity index (χ0v) is 20.5. The van der Waals surface area contributed by atoms with Crippen LogP contribution in [0.15, 0.2) is 29.2 Å². The Hall–Kier alpha value is -2.50. The molecule has 188 valence electrons. The number of sulfonamides is 1. The monoisotopic (exact) mass is 495 g/mol. The first-order valence-electron chi connectivity index (χ1n) is 11.6. The second-order valence-corrected chi connectivity index (χ2v) is 10.7. The Balaban J connectivity index is 1.64. The lowest BCUT2D eigenvalue weighted by atomic mass is 10.0. The van der Waals surface area contributed by atoms with Crippen molar-refractivity contribution < 1.29 is 32.3 Å². The zero-order valence-electron chi connectivity index (χ0n) is 19.7. The van der Waals surface area contributed by atoms with Gasteiger partial charge in [0.2, 0.25) is 10.0 Å². The Morgan fingerprint density at radius 3 is 2.38 bits per heavy atom. The van der Waals surface area contributed by atoms with Gasteiger partial charge in [0.15, 0.2) is 6.61 Å². The minimum Gasteiger partial charge on any atom is -0.454 e. The van der Waals surface area contributed by atoms with E-state index in [2.05, 4.69) is 5.32 Å². The molecule has 0 aromatic heterocycles. The van der Waals surface area contributed by atoms with E-state index in [0.717, 1.165) is 19.3 Å². The number of amides is 2. The van der Waals surface area contributed by atoms with Crippen LogP contribution in [0.2, 0.25) is 0 Å². The average molecular weight is 496 g/mol. The third kappa shape index (κ3) is 6.55. The molecule has 0 aliphatic carbocycles. The van der Waals surface area contributed by atoms with Crippen LogP contribution in [0.5, 0.6) is 0 Å². The van der Waals surface area contributed by atoms with Crippen molar-refractivity contribution in [1.29, 1.82) is 0 Å². The zero-order chi connectivity index (χ0) is 24.7. The Morgan fingerprint density at radius 1 is 1.06 bits per heavy atom. The molecule has 0 spiro atoms. The molecule has 2 aliphatic heterocycles. The van der Waals surface area contributed by atoms with Gasteiger partial charge in [-0.05, 0) is 43.4 Å². The smallest absolute Gasteiger partial charge is 0.329 e. The number of likely N-dealkylation sites (tertiary alicyclic amines) is 1. The number of morpholine rings is 1. The summed E-state index contributed by atoms with van der Waals surface area (Å²) in [6.07, 6.45) is 2.95. The fraction of sp³-hybridized carbons (Fsp3) is 0.609. The van der Waals surface area contributed by atoms with Crippen LogP contribution in [0.25, 0.3) is 0 Å². The van der Waals surface area contributed by atoms with Crippen LogP contribution in [0.1, 0.15) is 43.5 Å². The number of carbonyl (C=O) groups excluding carboxylic acids is 3. The van der Waals surface area contributed by atoms with Crippen LogP contribution in [-0.2, 0) is 29.1 Å². The molecule has 2 fully saturated rings. The predicted molar refractivity (Wildman–Crippen MR) is 124 cm³/mol. The van der Waals surface area contributed by atoms with Crippen molar-refractivity contribution in [3.63, 3.8) is 0 Å². The standard InChI is InChI=1S/C23H33N3O7S/c1-17(2)21(23(29)33-16-20(27)25-9-4-3-5-10-25)24-22(28)18-7-6-8-19(15-18)34(30,31)26-11-13-32-14-12-26/h6-8,15,17,21H,3-5,9-14,16H2,1-2H3,(H,24,28)/t21-/m0/s1. The van der Waals surface area contributed by atoms with Crippen molar-refractivity contribution in [2.75, 3.05) is 46.0 Å². The van der Waals surface area contributed by atoms with Crippen molar-refractivity contribution in [1.82, 2.24) is 14.5 Å². The topological polar surface area (TPSA) is 122 Å². The van der Waals surface area contributed by atoms with Gasteiger partial charge in [-0.2, -0.15) is 4.31 Å². The molecule has 0 saturated carbocycles. The SMILES string of the molecule is CC(C)[C@H](NC(=O)c1cccc(S(=O)(=O)N2CCOCC2)c1)C(=O)OCC(=O)N1CCCCC1. The molecule has 2 amide bonds. The quantitative estimate of drug-likeness (QED) is 0.534. The number of carbonyl (C=O) groups is 3. The third-order valence-electron chi connectivity index (χ3n) is 5.96. The van der Waals surface area contributed by atoms with Crippen molar-refractivity contribution >= 4 is 27.8 Å². The minimum absolute atomic E-state index is 0.00199. The number of hydrogen-bond donors (Lipinski definition) is 1. The van der Waals surface area contributed by atoms with E-state index >= 15 is 0 Å². The van der Waals surface area contributed by atoms with Gasteiger partial charge in [-0.1, -0.05) is 19.9 Å². The normalized spacial score (nSPS) is 18.4. The number of ether oxygens (including phenoxy) is 2. The molecular formula is C23H33N3O7S. The maximum absolute atomic E-state index is 12.9. The van der Waals surface area contributed by atoms with Crippen LogP contribution < -0.4 is 5.32 Å². The molecule has 34 heavy (non-hydrogen) atoms. The molecule has 11 heteroatoms. The number of piperidine rings is 1. The summed E-state index contributed by atoms with van der Waals surface area (Å²) < 4.78 is 37.6. The largest absolute Gasteiger partial charge is 0.454 e. The molecule has 0 radical (unpaired) electrons. The molecule has 0 bridgehead atoms. The van der Waals surface area contributed by atoms with Crippen molar-refractivity contribution in [3.8, 4) is 0 Å². The van der Waals surface area contributed by atoms with Crippen LogP contribution >= 0.6 is 0 Å². The highest BCUT2D eigenvalue weighted by molar-refractivity contribution is 7.89. The van der Waals surface area contributed by atoms with E-state index in [9.17, 15) is 22.8 Å². The second-order valence-electron chi connectivity index (χ2n) is 8.79. The first-order chi connectivity index (χ1) is 16.2. The highest BCUT2D eigenvalue weighted by atomic mass is 32.2. The summed E-state index contributed by atoms with van der Waals surface area (Å²) in [5.74, 6) is -1.85. The molecule has 0 unspecified atom stereocenters. The highest BCUT2D eigenvalue weighted by Gasteiger charge is 2.30. The second kappa shape index (κ2) is 11.8. The summed E-state index contributed by atoms with van der Waals surface area (Å²) in [5.41, 5.74) is 0.108. The van der Waals surface area contributed by atoms with E-state index in [1.54, 1.807) is 18.7 Å². The summed E-state index contributed by atoms with van der Waals surface area (Å²) in [7, 11) is -3.77. The first kappa shape index (κ1) is 26.1. The van der Waals surface area contributed by atoms with E-state index in [4.69, 9.17) is 9.47 Å². The van der Waals surface area contributed by atoms with Crippen LogP contribution in [-0.4, -0.2) is 87.4 Å². The Morgan fingerprint density at radius 2 is 1.74 bits per heavy atom. The van der Waals surface area contributed by atoms with Crippen LogP contribution in [0, 0.1) is 5.92 Å². The summed E-state index contributed by atoms with van der Waals surface area (Å²) in [5, 5.41) is 2.63. The van der Waals surface area contributed by atoms with Gasteiger partial charge in [-0.3, -0.25) is 9.59 Å². The number of nitrogens with zero attached hydrogens (tertiary/aromatic N) is 2. The molecule has 2 saturated heterocycles. The summed E-state index contributed by atoms with van der Waals surface area (Å²) in [6.45, 7) is 5.57. The molecule has 1 aromatic carbocycles. The summed E-state index contributed by atoms with van der Waals surface area (Å²) in [4.78, 5) is 39.5. The van der Waals surface area contributed by atoms with Crippen molar-refractivity contribution in [2.45, 2.75) is 44.0 Å². The maximum atomic E-state index is 12.9. The van der Waals surface area contributed by atoms with Gasteiger partial charge in [-0.25, -0.2) is 13.2 Å². The molecule has 1 N–H and O–H groups in total. The summed E-state index contributed by atoms with van der Waals surface area (Å²) in [6, 6.07) is 4.71. The summed E-state index contributed by atoms with van der Waals surface area (Å²) >= 11 is 0. The molecule has 2 aliphatic rings. The van der Waals surface area contributed by atoms with E-state index in [1.807, 2.05) is 0 Å². The average Bonchev–Trinajstić information content (AvgIpc) is 2.86. The van der Waals surface area contributed by atoms with Crippen molar-refractivity contribution in [3.05, 3.63) is 29.8 Å². The number of esters is 1. The predicted octanol–water partition coefficient (Wildman–Crippen LogP) is 1.02. The number of hydrogen-bond acceptors (Lipinski definition) is 7. The van der Waals surface area contributed by atoms with E-state index in [0.29, 0.717) is 26.3 Å². The van der Waals surface area contributed by atoms with Gasteiger partial charge in [0.1, 0.15) is 6.04 Å². The highest BCUT2D eigenvalue weighted by Crippen LogP contribution is 2.19. The molecule has 1 atom stereocenters. The first-order valence-corrected chi connectivity index (χ1v) is 13.1. The van der Waals surface area contributed by atoms with Crippen LogP contribution in [0.4, 0.5) is 0 Å². The van der Waals surface area contributed by atoms with Gasteiger partial charge < -0.3 is 19.7 Å². The fourth-order valence-electron chi connectivity index (χ4n) is 3.91. The van der Waals surface area contributed by atoms with Gasteiger partial charge >= 0.3 is 5.97 Å². The lowest BCUT2D eigenvalue weighted by Crippen LogP contribution is -2.46. The number of rotatable bonds is 8. The third-order valence-corrected chi connectivity index (χ3v) is 7.85. The molecule has 10 nitrogen and oxygen atoms in total. The van der Waals surface area contributed by atoms with Crippen LogP contribution in [0.3, 0.4) is 0 Å². The number of nitrogens with one attached hydrogen (secondary N) is 1. The minimum atomic E-state index is -3.77. The Kier molecular flexibility index (Phi) is 9.03. The van der Waals surface area contributed by atoms with Gasteiger partial charge in [0.05, 0.1) is 18.1 Å².